The molecule has 0 aromatic heterocycles. The van der Waals surface area contributed by atoms with Crippen LogP contribution in [0, 0.1) is 19.7 Å². The summed E-state index contributed by atoms with van der Waals surface area (Å²) >= 11 is 0. The molecular weight excluding hydrogens is 293 g/mol. The van der Waals surface area contributed by atoms with Crippen molar-refractivity contribution in [3.05, 3.63) is 58.9 Å². The summed E-state index contributed by atoms with van der Waals surface area (Å²) in [6, 6.07) is 10.5. The molecule has 124 valence electrons. The van der Waals surface area contributed by atoms with Crippen LogP contribution in [0.2, 0.25) is 0 Å². The minimum atomic E-state index is -0.283. The Kier molecular flexibility index (Phi) is 5.99. The first-order valence-electron chi connectivity index (χ1n) is 7.79. The molecule has 1 atom stereocenters. The highest BCUT2D eigenvalue weighted by atomic mass is 19.1. The molecule has 0 saturated heterocycles. The molecule has 0 bridgehead atoms. The van der Waals surface area contributed by atoms with Crippen molar-refractivity contribution in [3.63, 3.8) is 0 Å². The predicted molar refractivity (Wildman–Crippen MR) is 90.8 cm³/mol. The number of halogens is 1. The molecule has 0 aliphatic carbocycles. The van der Waals surface area contributed by atoms with Crippen molar-refractivity contribution >= 4 is 0 Å². The average molecular weight is 317 g/mol. The van der Waals surface area contributed by atoms with Crippen LogP contribution in [0.1, 0.15) is 29.0 Å². The monoisotopic (exact) mass is 317 g/mol. The predicted octanol–water partition coefficient (Wildman–Crippen LogP) is 3.96. The minimum absolute atomic E-state index is 0.00855. The Morgan fingerprint density at radius 3 is 2.61 bits per heavy atom. The minimum Gasteiger partial charge on any atom is -0.496 e. The van der Waals surface area contributed by atoms with Gasteiger partial charge in [-0.3, -0.25) is 0 Å². The highest BCUT2D eigenvalue weighted by Crippen LogP contribution is 2.30. The van der Waals surface area contributed by atoms with Crippen LogP contribution in [-0.2, 0) is 0 Å². The lowest BCUT2D eigenvalue weighted by Gasteiger charge is -2.19. The largest absolute Gasteiger partial charge is 0.496 e. The van der Waals surface area contributed by atoms with Crippen molar-refractivity contribution < 1.29 is 13.9 Å². The molecule has 0 spiro atoms. The van der Waals surface area contributed by atoms with Gasteiger partial charge in [-0.15, -0.1) is 0 Å². The fraction of sp³-hybridized carbons (Fsp3) is 0.368. The fourth-order valence-electron chi connectivity index (χ4n) is 2.62. The zero-order valence-electron chi connectivity index (χ0n) is 13.9. The summed E-state index contributed by atoms with van der Waals surface area (Å²) in [5.74, 6) is 1.25. The first-order valence-corrected chi connectivity index (χ1v) is 7.79. The van der Waals surface area contributed by atoms with Gasteiger partial charge in [0.1, 0.15) is 17.3 Å². The molecule has 4 heteroatoms. The Labute approximate surface area is 137 Å². The third-order valence-electron chi connectivity index (χ3n) is 4.19. The van der Waals surface area contributed by atoms with Gasteiger partial charge < -0.3 is 15.2 Å². The van der Waals surface area contributed by atoms with E-state index < -0.39 is 0 Å². The first kappa shape index (κ1) is 17.3. The maximum absolute atomic E-state index is 13.5. The fourth-order valence-corrected chi connectivity index (χ4v) is 2.62. The average Bonchev–Trinajstić information content (AvgIpc) is 2.55. The number of nitrogens with two attached hydrogens (primary N) is 1. The van der Waals surface area contributed by atoms with Crippen molar-refractivity contribution in [2.45, 2.75) is 26.2 Å². The van der Waals surface area contributed by atoms with Gasteiger partial charge in [0.05, 0.1) is 13.7 Å². The van der Waals surface area contributed by atoms with E-state index in [-0.39, 0.29) is 11.7 Å². The Morgan fingerprint density at radius 1 is 1.13 bits per heavy atom. The standard InChI is InChI=1S/C19H24FNO2/c1-13-5-4-6-18(14(13)2)23-10-9-15(12-21)17-11-16(20)7-8-19(17)22-3/h4-8,11,15H,9-10,12,21H2,1-3H3. The Hall–Kier alpha value is -2.07. The molecule has 0 saturated carbocycles. The summed E-state index contributed by atoms with van der Waals surface area (Å²) in [4.78, 5) is 0. The lowest BCUT2D eigenvalue weighted by atomic mass is 9.95. The number of rotatable bonds is 7. The van der Waals surface area contributed by atoms with Gasteiger partial charge in [0.2, 0.25) is 0 Å². The molecule has 2 aromatic rings. The van der Waals surface area contributed by atoms with Gasteiger partial charge in [-0.25, -0.2) is 4.39 Å². The molecule has 23 heavy (non-hydrogen) atoms. The molecule has 0 fully saturated rings. The Morgan fingerprint density at radius 2 is 1.91 bits per heavy atom. The van der Waals surface area contributed by atoms with E-state index in [0.29, 0.717) is 25.3 Å². The van der Waals surface area contributed by atoms with Gasteiger partial charge in [0, 0.05) is 11.5 Å². The number of aryl methyl sites for hydroxylation is 1. The zero-order valence-corrected chi connectivity index (χ0v) is 13.9. The van der Waals surface area contributed by atoms with Crippen LogP contribution in [-0.4, -0.2) is 20.3 Å². The molecule has 2 N–H and O–H groups in total. The van der Waals surface area contributed by atoms with Crippen LogP contribution < -0.4 is 15.2 Å². The second-order valence-corrected chi connectivity index (χ2v) is 5.65. The second-order valence-electron chi connectivity index (χ2n) is 5.65. The highest BCUT2D eigenvalue weighted by Gasteiger charge is 2.16. The van der Waals surface area contributed by atoms with E-state index in [1.54, 1.807) is 13.2 Å². The van der Waals surface area contributed by atoms with Crippen molar-refractivity contribution in [1.29, 1.82) is 0 Å². The quantitative estimate of drug-likeness (QED) is 0.840. The van der Waals surface area contributed by atoms with E-state index in [1.807, 2.05) is 19.1 Å². The van der Waals surface area contributed by atoms with E-state index in [4.69, 9.17) is 15.2 Å². The summed E-state index contributed by atoms with van der Waals surface area (Å²) in [5, 5.41) is 0. The van der Waals surface area contributed by atoms with Gasteiger partial charge in [0.15, 0.2) is 0 Å². The molecule has 0 radical (unpaired) electrons. The van der Waals surface area contributed by atoms with Crippen LogP contribution in [0.15, 0.2) is 36.4 Å². The molecule has 1 unspecified atom stereocenters. The summed E-state index contributed by atoms with van der Waals surface area (Å²) in [6.45, 7) is 5.03. The topological polar surface area (TPSA) is 44.5 Å². The molecule has 0 aliphatic heterocycles. The molecule has 3 nitrogen and oxygen atoms in total. The van der Waals surface area contributed by atoms with E-state index in [9.17, 15) is 4.39 Å². The number of methoxy groups -OCH3 is 1. The zero-order chi connectivity index (χ0) is 16.8. The van der Waals surface area contributed by atoms with Crippen molar-refractivity contribution in [1.82, 2.24) is 0 Å². The van der Waals surface area contributed by atoms with Crippen molar-refractivity contribution in [2.24, 2.45) is 5.73 Å². The van der Waals surface area contributed by atoms with Crippen LogP contribution >= 0.6 is 0 Å². The van der Waals surface area contributed by atoms with Gasteiger partial charge in [0.25, 0.3) is 0 Å². The van der Waals surface area contributed by atoms with Crippen molar-refractivity contribution in [2.75, 3.05) is 20.3 Å². The van der Waals surface area contributed by atoms with Gasteiger partial charge >= 0.3 is 0 Å². The van der Waals surface area contributed by atoms with E-state index in [0.717, 1.165) is 16.9 Å². The van der Waals surface area contributed by atoms with Gasteiger partial charge in [-0.2, -0.15) is 0 Å². The first-order chi connectivity index (χ1) is 11.1. The molecule has 0 aliphatic rings. The van der Waals surface area contributed by atoms with Crippen LogP contribution in [0.25, 0.3) is 0 Å². The van der Waals surface area contributed by atoms with Gasteiger partial charge in [-0.05, 0) is 62.2 Å². The molecule has 0 heterocycles. The van der Waals surface area contributed by atoms with E-state index >= 15 is 0 Å². The number of benzene rings is 2. The molecule has 2 rings (SSSR count). The Bertz CT molecular complexity index is 658. The summed E-state index contributed by atoms with van der Waals surface area (Å²) in [6.07, 6.45) is 0.698. The highest BCUT2D eigenvalue weighted by molar-refractivity contribution is 5.39. The van der Waals surface area contributed by atoms with Crippen LogP contribution in [0.3, 0.4) is 0 Å². The number of hydrogen-bond donors (Lipinski definition) is 1. The maximum atomic E-state index is 13.5. The smallest absolute Gasteiger partial charge is 0.123 e. The lowest BCUT2D eigenvalue weighted by molar-refractivity contribution is 0.294. The van der Waals surface area contributed by atoms with Crippen LogP contribution in [0.4, 0.5) is 4.39 Å². The maximum Gasteiger partial charge on any atom is 0.123 e. The van der Waals surface area contributed by atoms with Crippen molar-refractivity contribution in [3.8, 4) is 11.5 Å². The van der Waals surface area contributed by atoms with Gasteiger partial charge in [-0.1, -0.05) is 12.1 Å². The molecular formula is C19H24FNO2. The Balaban J connectivity index is 2.06. The lowest BCUT2D eigenvalue weighted by Crippen LogP contribution is -2.17. The SMILES string of the molecule is COc1ccc(F)cc1C(CN)CCOc1cccc(C)c1C. The second kappa shape index (κ2) is 7.97. The van der Waals surface area contributed by atoms with E-state index in [1.165, 1.54) is 17.7 Å². The van der Waals surface area contributed by atoms with E-state index in [2.05, 4.69) is 13.0 Å². The van der Waals surface area contributed by atoms with Crippen LogP contribution in [0.5, 0.6) is 11.5 Å². The number of hydrogen-bond acceptors (Lipinski definition) is 3. The molecule has 0 amide bonds. The third-order valence-corrected chi connectivity index (χ3v) is 4.19. The summed E-state index contributed by atoms with van der Waals surface area (Å²) in [7, 11) is 1.58. The summed E-state index contributed by atoms with van der Waals surface area (Å²) in [5.41, 5.74) is 9.01. The third kappa shape index (κ3) is 4.23. The molecule has 2 aromatic carbocycles. The normalized spacial score (nSPS) is 12.0. The summed E-state index contributed by atoms with van der Waals surface area (Å²) < 4.78 is 24.7. The number of ether oxygens (including phenoxy) is 2.